The molecule has 0 saturated carbocycles. The van der Waals surface area contributed by atoms with Gasteiger partial charge in [-0.1, -0.05) is 39.0 Å². The van der Waals surface area contributed by atoms with Gasteiger partial charge in [-0.05, 0) is 23.5 Å². The molecule has 0 aromatic heterocycles. The van der Waals surface area contributed by atoms with Gasteiger partial charge in [0.2, 0.25) is 0 Å². The summed E-state index contributed by atoms with van der Waals surface area (Å²) in [7, 11) is 0. The third-order valence-electron chi connectivity index (χ3n) is 3.44. The van der Waals surface area contributed by atoms with Crippen LogP contribution >= 0.6 is 0 Å². The molecule has 1 saturated heterocycles. The minimum absolute atomic E-state index is 0.0903. The largest absolute Gasteiger partial charge is 0.490 e. The van der Waals surface area contributed by atoms with E-state index in [2.05, 4.69) is 51.2 Å². The lowest BCUT2D eigenvalue weighted by atomic mass is 9.85. The molecular formula is C16H25NO2. The topological polar surface area (TPSA) is 30.5 Å². The molecule has 0 bridgehead atoms. The molecule has 1 aliphatic rings. The summed E-state index contributed by atoms with van der Waals surface area (Å²) >= 11 is 0. The first-order chi connectivity index (χ1) is 8.98. The summed E-state index contributed by atoms with van der Waals surface area (Å²) in [6.07, 6.45) is 0.154. The first kappa shape index (κ1) is 14.4. The van der Waals surface area contributed by atoms with E-state index in [-0.39, 0.29) is 11.5 Å². The van der Waals surface area contributed by atoms with Crippen LogP contribution in [0.4, 0.5) is 0 Å². The van der Waals surface area contributed by atoms with Crippen LogP contribution in [0.5, 0.6) is 5.75 Å². The average molecular weight is 263 g/mol. The van der Waals surface area contributed by atoms with E-state index in [1.54, 1.807) is 0 Å². The number of hydrogen-bond acceptors (Lipinski definition) is 3. The molecule has 0 aliphatic carbocycles. The first-order valence-corrected chi connectivity index (χ1v) is 7.03. The summed E-state index contributed by atoms with van der Waals surface area (Å²) < 4.78 is 11.7. The van der Waals surface area contributed by atoms with E-state index in [0.717, 1.165) is 25.4 Å². The second-order valence-electron chi connectivity index (χ2n) is 6.21. The SMILES string of the molecule is Cc1cccc(C(C)(C)C)c1OCC1CNCCO1. The Morgan fingerprint density at radius 3 is 2.79 bits per heavy atom. The van der Waals surface area contributed by atoms with Crippen LogP contribution in [0.1, 0.15) is 31.9 Å². The van der Waals surface area contributed by atoms with Crippen LogP contribution in [0.25, 0.3) is 0 Å². The van der Waals surface area contributed by atoms with Gasteiger partial charge in [-0.2, -0.15) is 0 Å². The van der Waals surface area contributed by atoms with Gasteiger partial charge in [-0.25, -0.2) is 0 Å². The number of benzene rings is 1. The fourth-order valence-corrected chi connectivity index (χ4v) is 2.34. The molecule has 1 atom stereocenters. The Kier molecular flexibility index (Phi) is 4.48. The van der Waals surface area contributed by atoms with Crippen LogP contribution in [0.15, 0.2) is 18.2 Å². The second-order valence-corrected chi connectivity index (χ2v) is 6.21. The quantitative estimate of drug-likeness (QED) is 0.909. The summed E-state index contributed by atoms with van der Waals surface area (Å²) in [5, 5.41) is 3.33. The van der Waals surface area contributed by atoms with Crippen molar-refractivity contribution in [3.05, 3.63) is 29.3 Å². The summed E-state index contributed by atoms with van der Waals surface area (Å²) in [5.41, 5.74) is 2.54. The fraction of sp³-hybridized carbons (Fsp3) is 0.625. The lowest BCUT2D eigenvalue weighted by Gasteiger charge is -2.27. The van der Waals surface area contributed by atoms with Gasteiger partial charge in [0.05, 0.1) is 6.61 Å². The Hall–Kier alpha value is -1.06. The average Bonchev–Trinajstić information content (AvgIpc) is 2.37. The standard InChI is InChI=1S/C16H25NO2/c1-12-6-5-7-14(16(2,3)4)15(12)19-11-13-10-17-8-9-18-13/h5-7,13,17H,8-11H2,1-4H3. The van der Waals surface area contributed by atoms with E-state index in [9.17, 15) is 0 Å². The van der Waals surface area contributed by atoms with E-state index >= 15 is 0 Å². The molecule has 1 unspecified atom stereocenters. The molecule has 3 nitrogen and oxygen atoms in total. The summed E-state index contributed by atoms with van der Waals surface area (Å²) in [6.45, 7) is 11.9. The van der Waals surface area contributed by atoms with Crippen LogP contribution < -0.4 is 10.1 Å². The molecule has 0 spiro atoms. The van der Waals surface area contributed by atoms with Gasteiger partial charge in [-0.3, -0.25) is 0 Å². The minimum Gasteiger partial charge on any atom is -0.490 e. The van der Waals surface area contributed by atoms with Crippen molar-refractivity contribution in [1.29, 1.82) is 0 Å². The normalized spacial score (nSPS) is 20.3. The van der Waals surface area contributed by atoms with Gasteiger partial charge in [0.25, 0.3) is 0 Å². The molecule has 1 aliphatic heterocycles. The van der Waals surface area contributed by atoms with Crippen LogP contribution in [0, 0.1) is 6.92 Å². The number of ether oxygens (including phenoxy) is 2. The van der Waals surface area contributed by atoms with Crippen molar-refractivity contribution in [2.24, 2.45) is 0 Å². The second kappa shape index (κ2) is 5.93. The van der Waals surface area contributed by atoms with Crippen molar-refractivity contribution in [3.63, 3.8) is 0 Å². The maximum atomic E-state index is 6.07. The highest BCUT2D eigenvalue weighted by molar-refractivity contribution is 5.44. The molecule has 0 radical (unpaired) electrons. The predicted molar refractivity (Wildman–Crippen MR) is 78.0 cm³/mol. The molecule has 3 heteroatoms. The van der Waals surface area contributed by atoms with Crippen molar-refractivity contribution in [3.8, 4) is 5.75 Å². The monoisotopic (exact) mass is 263 g/mol. The molecule has 1 fully saturated rings. The Morgan fingerprint density at radius 2 is 2.16 bits per heavy atom. The Morgan fingerprint density at radius 1 is 1.37 bits per heavy atom. The van der Waals surface area contributed by atoms with E-state index in [1.165, 1.54) is 11.1 Å². The summed E-state index contributed by atoms with van der Waals surface area (Å²) in [6, 6.07) is 6.36. The van der Waals surface area contributed by atoms with Crippen molar-refractivity contribution in [1.82, 2.24) is 5.32 Å². The maximum Gasteiger partial charge on any atom is 0.126 e. The van der Waals surface area contributed by atoms with Crippen molar-refractivity contribution >= 4 is 0 Å². The molecule has 1 N–H and O–H groups in total. The number of morpholine rings is 1. The van der Waals surface area contributed by atoms with Crippen molar-refractivity contribution < 1.29 is 9.47 Å². The van der Waals surface area contributed by atoms with Gasteiger partial charge in [0.1, 0.15) is 18.5 Å². The molecule has 1 aromatic rings. The van der Waals surface area contributed by atoms with Crippen LogP contribution in [0.3, 0.4) is 0 Å². The zero-order valence-corrected chi connectivity index (χ0v) is 12.5. The number of aryl methyl sites for hydroxylation is 1. The van der Waals surface area contributed by atoms with Gasteiger partial charge in [-0.15, -0.1) is 0 Å². The van der Waals surface area contributed by atoms with E-state index in [0.29, 0.717) is 6.61 Å². The lowest BCUT2D eigenvalue weighted by Crippen LogP contribution is -2.41. The molecule has 2 rings (SSSR count). The highest BCUT2D eigenvalue weighted by Crippen LogP contribution is 2.33. The zero-order chi connectivity index (χ0) is 13.9. The number of hydrogen-bond donors (Lipinski definition) is 1. The van der Waals surface area contributed by atoms with Crippen molar-refractivity contribution in [2.75, 3.05) is 26.3 Å². The van der Waals surface area contributed by atoms with Crippen LogP contribution in [-0.2, 0) is 10.2 Å². The Balaban J connectivity index is 2.10. The summed E-state index contributed by atoms with van der Waals surface area (Å²) in [4.78, 5) is 0. The molecule has 0 amide bonds. The zero-order valence-electron chi connectivity index (χ0n) is 12.5. The highest BCUT2D eigenvalue weighted by Gasteiger charge is 2.21. The minimum atomic E-state index is 0.0903. The molecular weight excluding hydrogens is 238 g/mol. The number of para-hydroxylation sites is 1. The van der Waals surface area contributed by atoms with Gasteiger partial charge >= 0.3 is 0 Å². The predicted octanol–water partition coefficient (Wildman–Crippen LogP) is 2.66. The van der Waals surface area contributed by atoms with Gasteiger partial charge in [0.15, 0.2) is 0 Å². The third-order valence-corrected chi connectivity index (χ3v) is 3.44. The Bertz CT molecular complexity index is 417. The summed E-state index contributed by atoms with van der Waals surface area (Å²) in [5.74, 6) is 1.02. The third kappa shape index (κ3) is 3.71. The number of rotatable bonds is 3. The van der Waals surface area contributed by atoms with Gasteiger partial charge in [0, 0.05) is 13.1 Å². The van der Waals surface area contributed by atoms with E-state index in [1.807, 2.05) is 0 Å². The van der Waals surface area contributed by atoms with Crippen molar-refractivity contribution in [2.45, 2.75) is 39.2 Å². The fourth-order valence-electron chi connectivity index (χ4n) is 2.34. The first-order valence-electron chi connectivity index (χ1n) is 7.03. The molecule has 1 aromatic carbocycles. The van der Waals surface area contributed by atoms with E-state index < -0.39 is 0 Å². The van der Waals surface area contributed by atoms with Crippen LogP contribution in [-0.4, -0.2) is 32.4 Å². The number of nitrogens with one attached hydrogen (secondary N) is 1. The molecule has 106 valence electrons. The highest BCUT2D eigenvalue weighted by atomic mass is 16.5. The smallest absolute Gasteiger partial charge is 0.126 e. The van der Waals surface area contributed by atoms with Gasteiger partial charge < -0.3 is 14.8 Å². The Labute approximate surface area is 116 Å². The molecule has 1 heterocycles. The molecule has 19 heavy (non-hydrogen) atoms. The van der Waals surface area contributed by atoms with E-state index in [4.69, 9.17) is 9.47 Å². The lowest BCUT2D eigenvalue weighted by molar-refractivity contribution is -0.000284. The maximum absolute atomic E-state index is 6.07. The van der Waals surface area contributed by atoms with Crippen LogP contribution in [0.2, 0.25) is 0 Å².